The van der Waals surface area contributed by atoms with E-state index < -0.39 is 0 Å². The largest absolute Gasteiger partial charge is 1.00 e. The Kier molecular flexibility index (Phi) is 70.3. The van der Waals surface area contributed by atoms with Crippen LogP contribution in [0.15, 0.2) is 0 Å². The van der Waals surface area contributed by atoms with Crippen LogP contribution in [0, 0.1) is 13.8 Å². The third kappa shape index (κ3) is 54.8. The molecule has 0 aliphatic carbocycles. The fourth-order valence-corrected chi connectivity index (χ4v) is 0. The maximum absolute atomic E-state index is 3.60. The zero-order valence-electron chi connectivity index (χ0n) is 8.24. The van der Waals surface area contributed by atoms with Gasteiger partial charge < -0.3 is 13.8 Å². The van der Waals surface area contributed by atoms with Gasteiger partial charge in [0.1, 0.15) is 0 Å². The summed E-state index contributed by atoms with van der Waals surface area (Å²) in [6.45, 7) is 11.4. The molecule has 0 unspecified atom stereocenters. The van der Waals surface area contributed by atoms with Crippen molar-refractivity contribution in [2.75, 3.05) is 0 Å². The van der Waals surface area contributed by atoms with Gasteiger partial charge in [0.2, 0.25) is 0 Å². The molecule has 0 aromatic carbocycles. The summed E-state index contributed by atoms with van der Waals surface area (Å²) in [4.78, 5) is 0. The summed E-state index contributed by atoms with van der Waals surface area (Å²) >= 11 is 0. The van der Waals surface area contributed by atoms with E-state index in [4.69, 9.17) is 0 Å². The van der Waals surface area contributed by atoms with Gasteiger partial charge in [0.25, 0.3) is 0 Å². The van der Waals surface area contributed by atoms with Crippen LogP contribution in [0.25, 0.3) is 0 Å². The molecule has 0 bridgehead atoms. The van der Waals surface area contributed by atoms with E-state index in [9.17, 15) is 0 Å². The first kappa shape index (κ1) is 22.6. The average molecular weight is 144 g/mol. The summed E-state index contributed by atoms with van der Waals surface area (Å²) < 4.78 is 0. The van der Waals surface area contributed by atoms with E-state index in [2.05, 4.69) is 27.7 Å². The van der Waals surface area contributed by atoms with Gasteiger partial charge in [-0.1, -0.05) is 26.7 Å². The normalized spacial score (nSPS) is 6.00. The van der Waals surface area contributed by atoms with Gasteiger partial charge in [0.05, 0.1) is 0 Å². The van der Waals surface area contributed by atoms with Crippen LogP contribution in [0.2, 0.25) is 0 Å². The summed E-state index contributed by atoms with van der Waals surface area (Å²) in [7, 11) is 0. The van der Waals surface area contributed by atoms with Crippen LogP contribution in [-0.4, -0.2) is 0 Å². The molecule has 0 saturated carbocycles. The van der Waals surface area contributed by atoms with Crippen LogP contribution in [-0.2, 0) is 0 Å². The van der Waals surface area contributed by atoms with Gasteiger partial charge in [-0.15, -0.1) is 0 Å². The zero-order valence-corrected chi connectivity index (χ0v) is 10.2. The molecule has 0 radical (unpaired) electrons. The smallest absolute Gasteiger partial charge is 0.343 e. The van der Waals surface area contributed by atoms with Crippen molar-refractivity contribution >= 4 is 0 Å². The molecule has 0 saturated heterocycles. The second-order valence-electron chi connectivity index (χ2n) is 1.71. The SMILES string of the molecule is [CH2-]CCC.[CH2-]CCC.[Li+].[Na+]. The Morgan fingerprint density at radius 3 is 1.00 bits per heavy atom. The van der Waals surface area contributed by atoms with E-state index in [1.807, 2.05) is 0 Å². The average Bonchev–Trinajstić information content (AvgIpc) is 1.88. The fraction of sp³-hybridized carbons (Fsp3) is 0.750. The van der Waals surface area contributed by atoms with Gasteiger partial charge in [-0.2, -0.15) is 12.8 Å². The van der Waals surface area contributed by atoms with Crippen LogP contribution in [0.1, 0.15) is 39.5 Å². The van der Waals surface area contributed by atoms with Crippen molar-refractivity contribution in [2.45, 2.75) is 39.5 Å². The Hall–Kier alpha value is 1.60. The van der Waals surface area contributed by atoms with Gasteiger partial charge >= 0.3 is 48.4 Å². The summed E-state index contributed by atoms with van der Waals surface area (Å²) in [5.74, 6) is 0. The molecule has 0 nitrogen and oxygen atoms in total. The molecule has 0 fully saturated rings. The van der Waals surface area contributed by atoms with E-state index in [1.165, 1.54) is 12.8 Å². The van der Waals surface area contributed by atoms with Crippen molar-refractivity contribution in [1.82, 2.24) is 0 Å². The van der Waals surface area contributed by atoms with Crippen LogP contribution in [0.3, 0.4) is 0 Å². The number of unbranched alkanes of at least 4 members (excludes halogenated alkanes) is 2. The van der Waals surface area contributed by atoms with Gasteiger partial charge in [-0.25, -0.2) is 0 Å². The van der Waals surface area contributed by atoms with Gasteiger partial charge in [-0.3, -0.25) is 0 Å². The van der Waals surface area contributed by atoms with Crippen molar-refractivity contribution in [3.05, 3.63) is 13.8 Å². The standard InChI is InChI=1S/2C4H9.Li.Na/c2*1-3-4-2;;/h2*1,3-4H2,2H3;;/q2*-1;2*+1. The first-order valence-corrected chi connectivity index (χ1v) is 3.41. The molecular formula is C8H18LiNa. The van der Waals surface area contributed by atoms with Crippen molar-refractivity contribution in [1.29, 1.82) is 0 Å². The van der Waals surface area contributed by atoms with Crippen molar-refractivity contribution < 1.29 is 48.4 Å². The van der Waals surface area contributed by atoms with Crippen LogP contribution >= 0.6 is 0 Å². The third-order valence-electron chi connectivity index (χ3n) is 0.707. The fourth-order valence-electron chi connectivity index (χ4n) is 0. The van der Waals surface area contributed by atoms with E-state index in [1.54, 1.807) is 0 Å². The van der Waals surface area contributed by atoms with Crippen molar-refractivity contribution in [2.24, 2.45) is 0 Å². The molecule has 0 atom stereocenters. The zero-order chi connectivity index (χ0) is 6.83. The Balaban J connectivity index is -0.0000000300. The van der Waals surface area contributed by atoms with E-state index >= 15 is 0 Å². The monoisotopic (exact) mass is 144 g/mol. The molecule has 0 amide bonds. The summed E-state index contributed by atoms with van der Waals surface area (Å²) in [6.07, 6.45) is 4.56. The van der Waals surface area contributed by atoms with E-state index in [0.29, 0.717) is 0 Å². The number of rotatable bonds is 2. The van der Waals surface area contributed by atoms with Crippen LogP contribution in [0.4, 0.5) is 0 Å². The second kappa shape index (κ2) is 31.2. The third-order valence-corrected chi connectivity index (χ3v) is 0.707. The Labute approximate surface area is 101 Å². The van der Waals surface area contributed by atoms with Crippen molar-refractivity contribution in [3.63, 3.8) is 0 Å². The molecule has 10 heavy (non-hydrogen) atoms. The quantitative estimate of drug-likeness (QED) is 0.291. The predicted molar refractivity (Wildman–Crippen MR) is 40.5 cm³/mol. The van der Waals surface area contributed by atoms with E-state index in [0.717, 1.165) is 12.8 Å². The van der Waals surface area contributed by atoms with Gasteiger partial charge in [0, 0.05) is 0 Å². The first-order chi connectivity index (χ1) is 3.83. The molecule has 0 aliphatic heterocycles. The minimum atomic E-state index is 0. The van der Waals surface area contributed by atoms with Crippen LogP contribution < -0.4 is 48.4 Å². The topological polar surface area (TPSA) is 0 Å². The Bertz CT molecular complexity index is 17.2. The molecular weight excluding hydrogens is 126 g/mol. The summed E-state index contributed by atoms with van der Waals surface area (Å²) in [5.41, 5.74) is 0. The van der Waals surface area contributed by atoms with Gasteiger partial charge in [0.15, 0.2) is 0 Å². The van der Waals surface area contributed by atoms with Crippen molar-refractivity contribution in [3.8, 4) is 0 Å². The molecule has 52 valence electrons. The van der Waals surface area contributed by atoms with E-state index in [-0.39, 0.29) is 48.4 Å². The molecule has 0 spiro atoms. The Morgan fingerprint density at radius 2 is 1.00 bits per heavy atom. The maximum atomic E-state index is 3.60. The molecule has 0 N–H and O–H groups in total. The maximum Gasteiger partial charge on any atom is 1.00 e. The summed E-state index contributed by atoms with van der Waals surface area (Å²) in [5, 5.41) is 0. The molecule has 0 aliphatic rings. The molecule has 0 aromatic heterocycles. The molecule has 2 heteroatoms. The molecule has 0 rings (SSSR count). The minimum absolute atomic E-state index is 0. The van der Waals surface area contributed by atoms with Gasteiger partial charge in [-0.05, 0) is 0 Å². The van der Waals surface area contributed by atoms with Crippen LogP contribution in [0.5, 0.6) is 0 Å². The minimum Gasteiger partial charge on any atom is -0.343 e. The number of hydrogen-bond acceptors (Lipinski definition) is 0. The molecule has 0 heterocycles. The first-order valence-electron chi connectivity index (χ1n) is 3.41. The predicted octanol–water partition coefficient (Wildman–Crippen LogP) is -2.75. The Morgan fingerprint density at radius 1 is 0.900 bits per heavy atom. The number of hydrogen-bond donors (Lipinski definition) is 0. The molecule has 0 aromatic rings. The summed E-state index contributed by atoms with van der Waals surface area (Å²) in [6, 6.07) is 0. The second-order valence-corrected chi connectivity index (χ2v) is 1.71.